The van der Waals surface area contributed by atoms with Crippen LogP contribution < -0.4 is 5.73 Å². The molecule has 1 rings (SSSR count). The molecule has 5 nitrogen and oxygen atoms in total. The highest BCUT2D eigenvalue weighted by Gasteiger charge is 2.08. The first-order valence-corrected chi connectivity index (χ1v) is 6.26. The van der Waals surface area contributed by atoms with Gasteiger partial charge in [-0.05, 0) is 12.5 Å². The maximum atomic E-state index is 5.56. The standard InChI is InChI=1S/C13H24N2O3/c1-16-6-3-4-15(5-7-17-2)10-13-8-12(9-14)11-18-13/h8,11H,3-7,9-10,14H2,1-2H3. The number of nitrogens with zero attached hydrogens (tertiary/aromatic N) is 1. The van der Waals surface area contributed by atoms with E-state index in [1.807, 2.05) is 6.07 Å². The van der Waals surface area contributed by atoms with Crippen LogP contribution in [-0.4, -0.2) is 45.4 Å². The molecule has 5 heteroatoms. The van der Waals surface area contributed by atoms with Gasteiger partial charge in [-0.1, -0.05) is 0 Å². The summed E-state index contributed by atoms with van der Waals surface area (Å²) >= 11 is 0. The van der Waals surface area contributed by atoms with E-state index in [0.29, 0.717) is 6.54 Å². The molecule has 0 aliphatic rings. The van der Waals surface area contributed by atoms with Crippen LogP contribution in [0.25, 0.3) is 0 Å². The fourth-order valence-corrected chi connectivity index (χ4v) is 1.76. The van der Waals surface area contributed by atoms with E-state index in [-0.39, 0.29) is 0 Å². The number of nitrogens with two attached hydrogens (primary N) is 1. The molecule has 1 aromatic rings. The summed E-state index contributed by atoms with van der Waals surface area (Å²) in [5.74, 6) is 0.948. The van der Waals surface area contributed by atoms with E-state index in [0.717, 1.165) is 50.6 Å². The molecule has 0 bridgehead atoms. The molecule has 0 aliphatic heterocycles. The second-order valence-electron chi connectivity index (χ2n) is 4.24. The van der Waals surface area contributed by atoms with E-state index in [1.165, 1.54) is 0 Å². The third-order valence-electron chi connectivity index (χ3n) is 2.76. The van der Waals surface area contributed by atoms with Crippen molar-refractivity contribution >= 4 is 0 Å². The van der Waals surface area contributed by atoms with Crippen LogP contribution in [0, 0.1) is 0 Å². The molecular formula is C13H24N2O3. The predicted molar refractivity (Wildman–Crippen MR) is 70.2 cm³/mol. The van der Waals surface area contributed by atoms with E-state index < -0.39 is 0 Å². The number of ether oxygens (including phenoxy) is 2. The first-order valence-electron chi connectivity index (χ1n) is 6.26. The van der Waals surface area contributed by atoms with Gasteiger partial charge in [0.2, 0.25) is 0 Å². The highest BCUT2D eigenvalue weighted by Crippen LogP contribution is 2.10. The van der Waals surface area contributed by atoms with Crippen molar-refractivity contribution in [3.63, 3.8) is 0 Å². The van der Waals surface area contributed by atoms with Gasteiger partial charge in [0.25, 0.3) is 0 Å². The Kier molecular flexibility index (Phi) is 7.68. The maximum Gasteiger partial charge on any atom is 0.118 e. The molecule has 0 aliphatic carbocycles. The van der Waals surface area contributed by atoms with Gasteiger partial charge in [-0.15, -0.1) is 0 Å². The molecule has 0 aromatic carbocycles. The summed E-state index contributed by atoms with van der Waals surface area (Å²) in [6.07, 6.45) is 2.73. The monoisotopic (exact) mass is 256 g/mol. The van der Waals surface area contributed by atoms with Gasteiger partial charge in [-0.2, -0.15) is 0 Å². The largest absolute Gasteiger partial charge is 0.468 e. The lowest BCUT2D eigenvalue weighted by Gasteiger charge is -2.20. The smallest absolute Gasteiger partial charge is 0.118 e. The van der Waals surface area contributed by atoms with Crippen LogP contribution in [0.15, 0.2) is 16.7 Å². The van der Waals surface area contributed by atoms with Crippen LogP contribution >= 0.6 is 0 Å². The molecular weight excluding hydrogens is 232 g/mol. The number of rotatable bonds is 10. The van der Waals surface area contributed by atoms with Gasteiger partial charge in [0.05, 0.1) is 19.4 Å². The SMILES string of the molecule is COCCCN(CCOC)Cc1cc(CN)co1. The number of hydrogen-bond donors (Lipinski definition) is 1. The second kappa shape index (κ2) is 9.10. The van der Waals surface area contributed by atoms with E-state index in [4.69, 9.17) is 19.6 Å². The number of furan rings is 1. The zero-order valence-electron chi connectivity index (χ0n) is 11.4. The normalized spacial score (nSPS) is 11.3. The van der Waals surface area contributed by atoms with Gasteiger partial charge in [0.15, 0.2) is 0 Å². The third kappa shape index (κ3) is 5.64. The molecule has 0 radical (unpaired) electrons. The van der Waals surface area contributed by atoms with Gasteiger partial charge < -0.3 is 19.6 Å². The first kappa shape index (κ1) is 15.2. The van der Waals surface area contributed by atoms with Crippen LogP contribution in [0.3, 0.4) is 0 Å². The van der Waals surface area contributed by atoms with E-state index >= 15 is 0 Å². The topological polar surface area (TPSA) is 60.9 Å². The maximum absolute atomic E-state index is 5.56. The summed E-state index contributed by atoms with van der Waals surface area (Å²) < 4.78 is 15.7. The zero-order chi connectivity index (χ0) is 13.2. The molecule has 0 amide bonds. The summed E-state index contributed by atoms with van der Waals surface area (Å²) in [4.78, 5) is 2.29. The molecule has 18 heavy (non-hydrogen) atoms. The van der Waals surface area contributed by atoms with Crippen LogP contribution in [-0.2, 0) is 22.6 Å². The van der Waals surface area contributed by atoms with Gasteiger partial charge >= 0.3 is 0 Å². The molecule has 0 fully saturated rings. The lowest BCUT2D eigenvalue weighted by molar-refractivity contribution is 0.125. The van der Waals surface area contributed by atoms with Crippen molar-refractivity contribution in [1.29, 1.82) is 0 Å². The Balaban J connectivity index is 2.42. The van der Waals surface area contributed by atoms with E-state index in [2.05, 4.69) is 4.90 Å². The summed E-state index contributed by atoms with van der Waals surface area (Å²) in [6.45, 7) is 4.65. The molecule has 0 saturated carbocycles. The Labute approximate surface area is 109 Å². The summed E-state index contributed by atoms with van der Waals surface area (Å²) in [6, 6.07) is 2.01. The molecule has 0 saturated heterocycles. The Morgan fingerprint density at radius 2 is 2.00 bits per heavy atom. The minimum atomic E-state index is 0.519. The molecule has 0 unspecified atom stereocenters. The third-order valence-corrected chi connectivity index (χ3v) is 2.76. The Morgan fingerprint density at radius 1 is 1.22 bits per heavy atom. The molecule has 104 valence electrons. The zero-order valence-corrected chi connectivity index (χ0v) is 11.4. The summed E-state index contributed by atoms with van der Waals surface area (Å²) in [7, 11) is 3.44. The van der Waals surface area contributed by atoms with Gasteiger partial charge in [0, 0.05) is 46.0 Å². The van der Waals surface area contributed by atoms with Crippen LogP contribution in [0.1, 0.15) is 17.7 Å². The summed E-state index contributed by atoms with van der Waals surface area (Å²) in [5, 5.41) is 0. The van der Waals surface area contributed by atoms with Crippen molar-refractivity contribution in [2.24, 2.45) is 5.73 Å². The van der Waals surface area contributed by atoms with Crippen molar-refractivity contribution in [3.8, 4) is 0 Å². The molecule has 1 aromatic heterocycles. The Hall–Kier alpha value is -0.880. The molecule has 2 N–H and O–H groups in total. The number of methoxy groups -OCH3 is 2. The summed E-state index contributed by atoms with van der Waals surface area (Å²) in [5.41, 5.74) is 6.60. The van der Waals surface area contributed by atoms with E-state index in [9.17, 15) is 0 Å². The number of hydrogen-bond acceptors (Lipinski definition) is 5. The molecule has 0 spiro atoms. The van der Waals surface area contributed by atoms with Gasteiger partial charge in [-0.25, -0.2) is 0 Å². The lowest BCUT2D eigenvalue weighted by atomic mass is 10.3. The van der Waals surface area contributed by atoms with Crippen LogP contribution in [0.5, 0.6) is 0 Å². The van der Waals surface area contributed by atoms with Crippen molar-refractivity contribution in [2.75, 3.05) is 40.5 Å². The highest BCUT2D eigenvalue weighted by molar-refractivity contribution is 5.12. The van der Waals surface area contributed by atoms with Gasteiger partial charge in [-0.3, -0.25) is 4.90 Å². The van der Waals surface area contributed by atoms with Crippen molar-refractivity contribution in [1.82, 2.24) is 4.90 Å². The minimum absolute atomic E-state index is 0.519. The lowest BCUT2D eigenvalue weighted by Crippen LogP contribution is -2.28. The van der Waals surface area contributed by atoms with Crippen LogP contribution in [0.4, 0.5) is 0 Å². The predicted octanol–water partition coefficient (Wildman–Crippen LogP) is 1.22. The second-order valence-corrected chi connectivity index (χ2v) is 4.24. The fraction of sp³-hybridized carbons (Fsp3) is 0.692. The van der Waals surface area contributed by atoms with E-state index in [1.54, 1.807) is 20.5 Å². The molecule has 1 heterocycles. The van der Waals surface area contributed by atoms with Crippen molar-refractivity contribution in [2.45, 2.75) is 19.5 Å². The van der Waals surface area contributed by atoms with Gasteiger partial charge in [0.1, 0.15) is 5.76 Å². The first-order chi connectivity index (χ1) is 8.80. The quantitative estimate of drug-likeness (QED) is 0.638. The van der Waals surface area contributed by atoms with Crippen molar-refractivity contribution in [3.05, 3.63) is 23.7 Å². The van der Waals surface area contributed by atoms with Crippen molar-refractivity contribution < 1.29 is 13.9 Å². The minimum Gasteiger partial charge on any atom is -0.468 e. The fourth-order valence-electron chi connectivity index (χ4n) is 1.76. The average Bonchev–Trinajstić information content (AvgIpc) is 2.83. The average molecular weight is 256 g/mol. The Morgan fingerprint density at radius 3 is 2.61 bits per heavy atom. The Bertz CT molecular complexity index is 315. The van der Waals surface area contributed by atoms with Crippen LogP contribution in [0.2, 0.25) is 0 Å². The highest BCUT2D eigenvalue weighted by atomic mass is 16.5. The molecule has 0 atom stereocenters.